The van der Waals surface area contributed by atoms with Gasteiger partial charge in [-0.15, -0.1) is 10.2 Å². The molecule has 2 aromatic carbocycles. The molecule has 1 atom stereocenters. The molecule has 1 unspecified atom stereocenters. The lowest BCUT2D eigenvalue weighted by atomic mass is 9.92. The van der Waals surface area contributed by atoms with Crippen LogP contribution >= 0.6 is 11.6 Å². The van der Waals surface area contributed by atoms with Crippen LogP contribution in [0.2, 0.25) is 5.02 Å². The average Bonchev–Trinajstić information content (AvgIpc) is 3.13. The fraction of sp³-hybridized carbons (Fsp3) is 0.417. The SMILES string of the molecule is FC(F)(F)c1cccc2c1C(c1ccccc1Cl)NCc1nnc(CCN3CCCCC3)n1-2. The first-order valence-corrected chi connectivity index (χ1v) is 11.6. The first kappa shape index (κ1) is 22.4. The summed E-state index contributed by atoms with van der Waals surface area (Å²) in [6.07, 6.45) is -0.281. The van der Waals surface area contributed by atoms with Crippen molar-refractivity contribution in [3.63, 3.8) is 0 Å². The van der Waals surface area contributed by atoms with Crippen LogP contribution in [0.15, 0.2) is 42.5 Å². The van der Waals surface area contributed by atoms with Crippen LogP contribution in [0.1, 0.15) is 53.6 Å². The van der Waals surface area contributed by atoms with Crippen LogP contribution < -0.4 is 5.32 Å². The van der Waals surface area contributed by atoms with Gasteiger partial charge in [0, 0.05) is 23.6 Å². The molecule has 1 saturated heterocycles. The molecule has 3 aromatic rings. The molecular weight excluding hydrogens is 451 g/mol. The van der Waals surface area contributed by atoms with Gasteiger partial charge in [0.1, 0.15) is 5.82 Å². The van der Waals surface area contributed by atoms with Crippen molar-refractivity contribution in [1.29, 1.82) is 0 Å². The molecule has 0 amide bonds. The highest BCUT2D eigenvalue weighted by Crippen LogP contribution is 2.42. The first-order valence-electron chi connectivity index (χ1n) is 11.3. The van der Waals surface area contributed by atoms with Gasteiger partial charge in [-0.3, -0.25) is 9.88 Å². The average molecular weight is 476 g/mol. The molecule has 0 saturated carbocycles. The zero-order valence-electron chi connectivity index (χ0n) is 18.1. The number of alkyl halides is 3. The maximum Gasteiger partial charge on any atom is 0.416 e. The third kappa shape index (κ3) is 4.39. The Morgan fingerprint density at radius 3 is 2.55 bits per heavy atom. The van der Waals surface area contributed by atoms with E-state index in [1.54, 1.807) is 34.9 Å². The molecule has 0 radical (unpaired) electrons. The number of fused-ring (bicyclic) bond motifs is 3. The highest BCUT2D eigenvalue weighted by molar-refractivity contribution is 6.31. The standard InChI is InChI=1S/C24H25ClF3N5/c25-18-9-3-2-7-16(18)23-22-17(24(26,27)28)8-6-10-19(22)33-20(30-31-21(33)15-29-23)11-14-32-12-4-1-5-13-32/h2-3,6-10,23,29H,1,4-5,11-15H2. The first-order chi connectivity index (χ1) is 15.9. The maximum atomic E-state index is 14.2. The van der Waals surface area contributed by atoms with E-state index in [2.05, 4.69) is 20.4 Å². The summed E-state index contributed by atoms with van der Waals surface area (Å²) in [5.74, 6) is 1.27. The van der Waals surface area contributed by atoms with Crippen molar-refractivity contribution in [3.05, 3.63) is 75.8 Å². The lowest BCUT2D eigenvalue weighted by Crippen LogP contribution is -2.32. The second kappa shape index (κ2) is 9.08. The number of likely N-dealkylation sites (tertiary alicyclic amines) is 1. The summed E-state index contributed by atoms with van der Waals surface area (Å²) in [4.78, 5) is 2.39. The minimum atomic E-state index is -4.51. The van der Waals surface area contributed by atoms with E-state index in [-0.39, 0.29) is 12.1 Å². The Balaban J connectivity index is 1.61. The predicted octanol–water partition coefficient (Wildman–Crippen LogP) is 5.16. The molecule has 2 aliphatic heterocycles. The van der Waals surface area contributed by atoms with Gasteiger partial charge in [-0.05, 0) is 49.7 Å². The van der Waals surface area contributed by atoms with Gasteiger partial charge in [-0.1, -0.05) is 42.3 Å². The third-order valence-corrected chi connectivity index (χ3v) is 6.84. The fourth-order valence-corrected chi connectivity index (χ4v) is 5.16. The second-order valence-corrected chi connectivity index (χ2v) is 9.00. The van der Waals surface area contributed by atoms with E-state index < -0.39 is 17.8 Å². The Bertz CT molecular complexity index is 1140. The lowest BCUT2D eigenvalue weighted by Gasteiger charge is -2.26. The fourth-order valence-electron chi connectivity index (χ4n) is 4.92. The molecule has 9 heteroatoms. The molecule has 0 spiro atoms. The minimum Gasteiger partial charge on any atom is -0.303 e. The topological polar surface area (TPSA) is 46.0 Å². The van der Waals surface area contributed by atoms with E-state index in [4.69, 9.17) is 11.6 Å². The highest BCUT2D eigenvalue weighted by Gasteiger charge is 2.39. The lowest BCUT2D eigenvalue weighted by molar-refractivity contribution is -0.138. The van der Waals surface area contributed by atoms with Crippen molar-refractivity contribution in [2.75, 3.05) is 19.6 Å². The number of rotatable bonds is 4. The number of aromatic nitrogens is 3. The van der Waals surface area contributed by atoms with Gasteiger partial charge >= 0.3 is 6.18 Å². The van der Waals surface area contributed by atoms with Crippen molar-refractivity contribution in [1.82, 2.24) is 25.0 Å². The number of halogens is 4. The van der Waals surface area contributed by atoms with Crippen LogP contribution in [0, 0.1) is 0 Å². The molecule has 5 rings (SSSR count). The molecule has 1 N–H and O–H groups in total. The third-order valence-electron chi connectivity index (χ3n) is 6.50. The van der Waals surface area contributed by atoms with Crippen molar-refractivity contribution >= 4 is 11.6 Å². The van der Waals surface area contributed by atoms with Gasteiger partial charge in [0.15, 0.2) is 5.82 Å². The van der Waals surface area contributed by atoms with Crippen LogP contribution in [-0.2, 0) is 19.1 Å². The molecular formula is C24H25ClF3N5. The van der Waals surface area contributed by atoms with Gasteiger partial charge in [-0.2, -0.15) is 13.2 Å². The highest BCUT2D eigenvalue weighted by atomic mass is 35.5. The number of nitrogens with zero attached hydrogens (tertiary/aromatic N) is 4. The summed E-state index contributed by atoms with van der Waals surface area (Å²) in [5, 5.41) is 12.4. The van der Waals surface area contributed by atoms with E-state index in [0.717, 1.165) is 25.7 Å². The predicted molar refractivity (Wildman–Crippen MR) is 120 cm³/mol. The van der Waals surface area contributed by atoms with Crippen molar-refractivity contribution in [2.24, 2.45) is 0 Å². The van der Waals surface area contributed by atoms with E-state index in [0.29, 0.717) is 34.3 Å². The Labute approximate surface area is 195 Å². The van der Waals surface area contributed by atoms with E-state index in [9.17, 15) is 13.2 Å². The zero-order chi connectivity index (χ0) is 23.0. The molecule has 0 aliphatic carbocycles. The van der Waals surface area contributed by atoms with Crippen molar-refractivity contribution in [2.45, 2.75) is 44.4 Å². The summed E-state index contributed by atoms with van der Waals surface area (Å²) in [7, 11) is 0. The molecule has 1 fully saturated rings. The Morgan fingerprint density at radius 2 is 1.79 bits per heavy atom. The van der Waals surface area contributed by atoms with Crippen LogP contribution in [0.5, 0.6) is 0 Å². The van der Waals surface area contributed by atoms with E-state index >= 15 is 0 Å². The summed E-state index contributed by atoms with van der Waals surface area (Å²) in [6.45, 7) is 3.18. The maximum absolute atomic E-state index is 14.2. The van der Waals surface area contributed by atoms with Gasteiger partial charge < -0.3 is 4.90 Å². The van der Waals surface area contributed by atoms with Crippen molar-refractivity contribution < 1.29 is 13.2 Å². The minimum absolute atomic E-state index is 0.149. The molecule has 2 aliphatic rings. The quantitative estimate of drug-likeness (QED) is 0.566. The van der Waals surface area contributed by atoms with Crippen LogP contribution in [0.25, 0.3) is 5.69 Å². The molecule has 3 heterocycles. The zero-order valence-corrected chi connectivity index (χ0v) is 18.8. The largest absolute Gasteiger partial charge is 0.416 e. The van der Waals surface area contributed by atoms with Crippen LogP contribution in [0.3, 0.4) is 0 Å². The summed E-state index contributed by atoms with van der Waals surface area (Å²) in [6, 6.07) is 10.6. The number of piperidine rings is 1. The van der Waals surface area contributed by atoms with Crippen molar-refractivity contribution in [3.8, 4) is 5.69 Å². The smallest absolute Gasteiger partial charge is 0.303 e. The van der Waals surface area contributed by atoms with Gasteiger partial charge in [0.2, 0.25) is 0 Å². The van der Waals surface area contributed by atoms with Crippen LogP contribution in [0.4, 0.5) is 13.2 Å². The Kier molecular flexibility index (Phi) is 6.16. The summed E-state index contributed by atoms with van der Waals surface area (Å²) in [5.41, 5.74) is 0.524. The van der Waals surface area contributed by atoms with E-state index in [1.807, 2.05) is 0 Å². The number of hydrogen-bond acceptors (Lipinski definition) is 4. The molecule has 1 aromatic heterocycles. The number of benzene rings is 2. The Morgan fingerprint density at radius 1 is 1.00 bits per heavy atom. The summed E-state index contributed by atoms with van der Waals surface area (Å²) < 4.78 is 44.4. The second-order valence-electron chi connectivity index (χ2n) is 8.59. The number of nitrogens with one attached hydrogen (secondary N) is 1. The summed E-state index contributed by atoms with van der Waals surface area (Å²) >= 11 is 6.43. The van der Waals surface area contributed by atoms with Gasteiger partial charge in [0.25, 0.3) is 0 Å². The molecule has 33 heavy (non-hydrogen) atoms. The van der Waals surface area contributed by atoms with Crippen LogP contribution in [-0.4, -0.2) is 39.3 Å². The molecule has 0 bridgehead atoms. The van der Waals surface area contributed by atoms with E-state index in [1.165, 1.54) is 25.3 Å². The Hall–Kier alpha value is -2.42. The van der Waals surface area contributed by atoms with Gasteiger partial charge in [-0.25, -0.2) is 0 Å². The molecule has 5 nitrogen and oxygen atoms in total. The number of hydrogen-bond donors (Lipinski definition) is 1. The normalized spacial score (nSPS) is 19.1. The monoisotopic (exact) mass is 475 g/mol. The molecule has 174 valence electrons. The van der Waals surface area contributed by atoms with Gasteiger partial charge in [0.05, 0.1) is 23.8 Å².